The van der Waals surface area contributed by atoms with Crippen LogP contribution in [0.4, 0.5) is 18.9 Å². The number of nitrogens with zero attached hydrogens (tertiary/aromatic N) is 6. The summed E-state index contributed by atoms with van der Waals surface area (Å²) in [5.41, 5.74) is 2.24. The van der Waals surface area contributed by atoms with E-state index in [0.29, 0.717) is 31.9 Å². The lowest BCUT2D eigenvalue weighted by Gasteiger charge is -2.40. The minimum absolute atomic E-state index is 0.111. The van der Waals surface area contributed by atoms with Gasteiger partial charge < -0.3 is 4.90 Å². The van der Waals surface area contributed by atoms with E-state index in [0.717, 1.165) is 17.5 Å². The molecular weight excluding hydrogens is 417 g/mol. The van der Waals surface area contributed by atoms with Crippen LogP contribution in [-0.2, 0) is 6.18 Å². The van der Waals surface area contributed by atoms with Crippen molar-refractivity contribution in [1.82, 2.24) is 25.1 Å². The lowest BCUT2D eigenvalue weighted by molar-refractivity contribution is -0.137. The van der Waals surface area contributed by atoms with Gasteiger partial charge in [-0.25, -0.2) is 4.68 Å². The zero-order valence-electron chi connectivity index (χ0n) is 18.4. The normalized spacial score (nSPS) is 16.5. The SMILES string of the molecule is Cc1ccc([C@H](c2nnnn2C(C)C)N2CCN(c3cccc(C(F)(F)F)c3)CC2)cc1. The molecule has 9 heteroatoms. The van der Waals surface area contributed by atoms with Crippen LogP contribution in [0.25, 0.3) is 0 Å². The van der Waals surface area contributed by atoms with Gasteiger partial charge in [-0.3, -0.25) is 4.90 Å². The third-order valence-corrected chi connectivity index (χ3v) is 5.86. The van der Waals surface area contributed by atoms with Crippen molar-refractivity contribution in [1.29, 1.82) is 0 Å². The number of anilines is 1. The van der Waals surface area contributed by atoms with Crippen LogP contribution < -0.4 is 4.90 Å². The van der Waals surface area contributed by atoms with E-state index in [9.17, 15) is 13.2 Å². The quantitative estimate of drug-likeness (QED) is 0.580. The van der Waals surface area contributed by atoms with Gasteiger partial charge in [0.05, 0.1) is 17.6 Å². The monoisotopic (exact) mass is 444 g/mol. The molecular formula is C23H27F3N6. The molecule has 4 rings (SSSR count). The molecule has 1 aromatic heterocycles. The number of aryl methyl sites for hydroxylation is 1. The van der Waals surface area contributed by atoms with Gasteiger partial charge in [0, 0.05) is 31.9 Å². The molecule has 0 N–H and O–H groups in total. The van der Waals surface area contributed by atoms with E-state index in [-0.39, 0.29) is 12.1 Å². The summed E-state index contributed by atoms with van der Waals surface area (Å²) in [7, 11) is 0. The van der Waals surface area contributed by atoms with Crippen LogP contribution in [0.15, 0.2) is 48.5 Å². The van der Waals surface area contributed by atoms with Crippen molar-refractivity contribution in [3.05, 3.63) is 71.0 Å². The van der Waals surface area contributed by atoms with Gasteiger partial charge in [-0.15, -0.1) is 5.10 Å². The summed E-state index contributed by atoms with van der Waals surface area (Å²) in [5, 5.41) is 12.4. The molecule has 1 atom stereocenters. The highest BCUT2D eigenvalue weighted by molar-refractivity contribution is 5.49. The summed E-state index contributed by atoms with van der Waals surface area (Å²) < 4.78 is 41.2. The van der Waals surface area contributed by atoms with Crippen molar-refractivity contribution in [3.8, 4) is 0 Å². The molecule has 1 aliphatic rings. The van der Waals surface area contributed by atoms with Gasteiger partial charge >= 0.3 is 6.18 Å². The maximum absolute atomic E-state index is 13.1. The van der Waals surface area contributed by atoms with Crippen LogP contribution in [0.2, 0.25) is 0 Å². The van der Waals surface area contributed by atoms with E-state index in [2.05, 4.69) is 44.7 Å². The average Bonchev–Trinajstić information content (AvgIpc) is 3.25. The number of tetrazole rings is 1. The Morgan fingerprint density at radius 3 is 2.25 bits per heavy atom. The minimum atomic E-state index is -4.34. The number of alkyl halides is 3. The highest BCUT2D eigenvalue weighted by Gasteiger charge is 2.33. The van der Waals surface area contributed by atoms with E-state index in [1.165, 1.54) is 17.7 Å². The molecule has 2 aromatic carbocycles. The van der Waals surface area contributed by atoms with Crippen molar-refractivity contribution in [2.75, 3.05) is 31.1 Å². The zero-order chi connectivity index (χ0) is 22.9. The molecule has 3 aromatic rings. The summed E-state index contributed by atoms with van der Waals surface area (Å²) in [5.74, 6) is 0.774. The number of rotatable bonds is 5. The van der Waals surface area contributed by atoms with E-state index in [1.807, 2.05) is 30.4 Å². The molecule has 0 radical (unpaired) electrons. The van der Waals surface area contributed by atoms with Crippen LogP contribution >= 0.6 is 0 Å². The topological polar surface area (TPSA) is 50.1 Å². The number of hydrogen-bond donors (Lipinski definition) is 0. The predicted octanol–water partition coefficient (Wildman–Crippen LogP) is 4.49. The van der Waals surface area contributed by atoms with E-state index < -0.39 is 11.7 Å². The molecule has 1 fully saturated rings. The average molecular weight is 445 g/mol. The number of piperazine rings is 1. The number of hydrogen-bond acceptors (Lipinski definition) is 5. The molecule has 0 spiro atoms. The Kier molecular flexibility index (Phi) is 6.19. The molecule has 6 nitrogen and oxygen atoms in total. The van der Waals surface area contributed by atoms with Gasteiger partial charge in [-0.2, -0.15) is 13.2 Å². The highest BCUT2D eigenvalue weighted by atomic mass is 19.4. The fraction of sp³-hybridized carbons (Fsp3) is 0.435. The Bertz CT molecular complexity index is 1040. The van der Waals surface area contributed by atoms with E-state index in [1.54, 1.807) is 6.07 Å². The van der Waals surface area contributed by atoms with Crippen LogP contribution in [0.5, 0.6) is 0 Å². The van der Waals surface area contributed by atoms with Crippen LogP contribution in [-0.4, -0.2) is 51.3 Å². The van der Waals surface area contributed by atoms with Crippen LogP contribution in [0.1, 0.15) is 48.4 Å². The lowest BCUT2D eigenvalue weighted by atomic mass is 10.0. The molecule has 0 aliphatic carbocycles. The van der Waals surface area contributed by atoms with Gasteiger partial charge in [0.25, 0.3) is 0 Å². The van der Waals surface area contributed by atoms with Crippen molar-refractivity contribution < 1.29 is 13.2 Å². The van der Waals surface area contributed by atoms with Gasteiger partial charge in [0.15, 0.2) is 5.82 Å². The first kappa shape index (κ1) is 22.3. The standard InChI is InChI=1S/C23H27F3N6/c1-16(2)32-22(27-28-29-32)21(18-9-7-17(3)8-10-18)31-13-11-30(12-14-31)20-6-4-5-19(15-20)23(24,25)26/h4-10,15-16,21H,11-14H2,1-3H3/t21-/m1/s1. The van der Waals surface area contributed by atoms with Crippen molar-refractivity contribution in [3.63, 3.8) is 0 Å². The fourth-order valence-corrected chi connectivity index (χ4v) is 4.14. The first-order chi connectivity index (χ1) is 15.2. The summed E-state index contributed by atoms with van der Waals surface area (Å²) in [6.45, 7) is 8.72. The summed E-state index contributed by atoms with van der Waals surface area (Å²) in [4.78, 5) is 4.31. The van der Waals surface area contributed by atoms with Gasteiger partial charge in [-0.05, 0) is 55.0 Å². The molecule has 0 bridgehead atoms. The molecule has 170 valence electrons. The lowest BCUT2D eigenvalue weighted by Crippen LogP contribution is -2.48. The van der Waals surface area contributed by atoms with E-state index in [4.69, 9.17) is 0 Å². The zero-order valence-corrected chi connectivity index (χ0v) is 18.4. The van der Waals surface area contributed by atoms with Crippen LogP contribution in [0.3, 0.4) is 0 Å². The summed E-state index contributed by atoms with van der Waals surface area (Å²) in [6.07, 6.45) is -4.34. The Hall–Kier alpha value is -2.94. The minimum Gasteiger partial charge on any atom is -0.369 e. The maximum Gasteiger partial charge on any atom is 0.416 e. The molecule has 1 aliphatic heterocycles. The molecule has 1 saturated heterocycles. The second-order valence-corrected chi connectivity index (χ2v) is 8.46. The molecule has 0 saturated carbocycles. The first-order valence-corrected chi connectivity index (χ1v) is 10.7. The number of halogens is 3. The second kappa shape index (κ2) is 8.90. The molecule has 0 unspecified atom stereocenters. The first-order valence-electron chi connectivity index (χ1n) is 10.7. The second-order valence-electron chi connectivity index (χ2n) is 8.46. The third kappa shape index (κ3) is 4.62. The summed E-state index contributed by atoms with van der Waals surface area (Å²) >= 11 is 0. The Balaban J connectivity index is 1.58. The van der Waals surface area contributed by atoms with Gasteiger partial charge in [0.2, 0.25) is 0 Å². The van der Waals surface area contributed by atoms with Gasteiger partial charge in [0.1, 0.15) is 0 Å². The molecule has 32 heavy (non-hydrogen) atoms. The largest absolute Gasteiger partial charge is 0.416 e. The Morgan fingerprint density at radius 1 is 0.938 bits per heavy atom. The maximum atomic E-state index is 13.1. The Morgan fingerprint density at radius 2 is 1.62 bits per heavy atom. The number of benzene rings is 2. The van der Waals surface area contributed by atoms with E-state index >= 15 is 0 Å². The fourth-order valence-electron chi connectivity index (χ4n) is 4.14. The van der Waals surface area contributed by atoms with Crippen molar-refractivity contribution in [2.45, 2.75) is 39.0 Å². The molecule has 0 amide bonds. The number of aromatic nitrogens is 4. The third-order valence-electron chi connectivity index (χ3n) is 5.86. The van der Waals surface area contributed by atoms with Crippen LogP contribution in [0, 0.1) is 6.92 Å². The van der Waals surface area contributed by atoms with Crippen molar-refractivity contribution >= 4 is 5.69 Å². The summed E-state index contributed by atoms with van der Waals surface area (Å²) in [6, 6.07) is 13.9. The molecule has 2 heterocycles. The van der Waals surface area contributed by atoms with Crippen molar-refractivity contribution in [2.24, 2.45) is 0 Å². The predicted molar refractivity (Wildman–Crippen MR) is 116 cm³/mol. The Labute approximate surface area is 185 Å². The van der Waals surface area contributed by atoms with Gasteiger partial charge in [-0.1, -0.05) is 35.9 Å². The highest BCUT2D eigenvalue weighted by Crippen LogP contribution is 2.33. The smallest absolute Gasteiger partial charge is 0.369 e.